The smallest absolute Gasteiger partial charge is 0.235 e. The molecule has 0 aromatic heterocycles. The Bertz CT molecular complexity index is 400. The molecule has 0 bridgehead atoms. The van der Waals surface area contributed by atoms with Gasteiger partial charge in [-0.2, -0.15) is 0 Å². The molecule has 0 radical (unpaired) electrons. The molecule has 84 valence electrons. The van der Waals surface area contributed by atoms with E-state index < -0.39 is 0 Å². The van der Waals surface area contributed by atoms with Crippen LogP contribution in [0.3, 0.4) is 0 Å². The molecule has 3 heteroatoms. The van der Waals surface area contributed by atoms with E-state index in [-0.39, 0.29) is 5.41 Å². The molecule has 1 aliphatic rings. The second-order valence-electron chi connectivity index (χ2n) is 4.32. The van der Waals surface area contributed by atoms with E-state index in [4.69, 9.17) is 4.74 Å². The van der Waals surface area contributed by atoms with Gasteiger partial charge in [0.2, 0.25) is 6.08 Å². The van der Waals surface area contributed by atoms with Crippen molar-refractivity contribution in [2.24, 2.45) is 4.99 Å². The first-order valence-corrected chi connectivity index (χ1v) is 5.43. The SMILES string of the molecule is COCC1(c2ccc(CN=C=O)cc2)CC1. The number of isocyanates is 1. The van der Waals surface area contributed by atoms with Crippen LogP contribution >= 0.6 is 0 Å². The van der Waals surface area contributed by atoms with Crippen LogP contribution in [0.4, 0.5) is 0 Å². The van der Waals surface area contributed by atoms with Gasteiger partial charge in [0, 0.05) is 12.5 Å². The fourth-order valence-corrected chi connectivity index (χ4v) is 2.03. The number of rotatable bonds is 5. The monoisotopic (exact) mass is 217 g/mol. The number of carbonyl (C=O) groups excluding carboxylic acids is 1. The van der Waals surface area contributed by atoms with Gasteiger partial charge in [0.25, 0.3) is 0 Å². The van der Waals surface area contributed by atoms with Crippen LogP contribution in [0, 0.1) is 0 Å². The van der Waals surface area contributed by atoms with E-state index >= 15 is 0 Å². The lowest BCUT2D eigenvalue weighted by Crippen LogP contribution is -2.13. The molecule has 0 heterocycles. The summed E-state index contributed by atoms with van der Waals surface area (Å²) in [5.41, 5.74) is 2.62. The highest BCUT2D eigenvalue weighted by Gasteiger charge is 2.44. The van der Waals surface area contributed by atoms with Crippen LogP contribution in [0.25, 0.3) is 0 Å². The molecule has 0 N–H and O–H groups in total. The van der Waals surface area contributed by atoms with Crippen molar-refractivity contribution >= 4 is 6.08 Å². The van der Waals surface area contributed by atoms with Crippen molar-refractivity contribution in [3.63, 3.8) is 0 Å². The maximum atomic E-state index is 9.99. The van der Waals surface area contributed by atoms with Gasteiger partial charge in [-0.1, -0.05) is 24.3 Å². The third kappa shape index (κ3) is 2.21. The number of methoxy groups -OCH3 is 1. The topological polar surface area (TPSA) is 38.7 Å². The highest BCUT2D eigenvalue weighted by atomic mass is 16.5. The molecule has 1 aliphatic carbocycles. The van der Waals surface area contributed by atoms with Gasteiger partial charge in [0.1, 0.15) is 0 Å². The Kier molecular flexibility index (Phi) is 3.18. The summed E-state index contributed by atoms with van der Waals surface area (Å²) < 4.78 is 5.25. The zero-order valence-electron chi connectivity index (χ0n) is 9.40. The van der Waals surface area contributed by atoms with Gasteiger partial charge in [-0.15, -0.1) is 0 Å². The maximum Gasteiger partial charge on any atom is 0.235 e. The third-order valence-electron chi connectivity index (χ3n) is 3.17. The van der Waals surface area contributed by atoms with E-state index in [0.717, 1.165) is 12.2 Å². The average Bonchev–Trinajstić information content (AvgIpc) is 3.09. The fraction of sp³-hybridized carbons (Fsp3) is 0.462. The van der Waals surface area contributed by atoms with E-state index in [9.17, 15) is 4.79 Å². The number of benzene rings is 1. The van der Waals surface area contributed by atoms with Crippen molar-refractivity contribution in [1.82, 2.24) is 0 Å². The molecule has 0 amide bonds. The highest BCUT2D eigenvalue weighted by molar-refractivity contribution is 5.36. The molecule has 1 fully saturated rings. The number of nitrogens with zero attached hydrogens (tertiary/aromatic N) is 1. The number of hydrogen-bond acceptors (Lipinski definition) is 3. The predicted octanol–water partition coefficient (Wildman–Crippen LogP) is 2.20. The summed E-state index contributed by atoms with van der Waals surface area (Å²) in [5.74, 6) is 0. The fourth-order valence-electron chi connectivity index (χ4n) is 2.03. The summed E-state index contributed by atoms with van der Waals surface area (Å²) in [6, 6.07) is 8.27. The van der Waals surface area contributed by atoms with Gasteiger partial charge < -0.3 is 4.74 Å². The Morgan fingerprint density at radius 2 is 2.06 bits per heavy atom. The van der Waals surface area contributed by atoms with Crippen molar-refractivity contribution in [1.29, 1.82) is 0 Å². The van der Waals surface area contributed by atoms with E-state index in [2.05, 4.69) is 17.1 Å². The Balaban J connectivity index is 2.10. The Morgan fingerprint density at radius 1 is 1.38 bits per heavy atom. The third-order valence-corrected chi connectivity index (χ3v) is 3.17. The van der Waals surface area contributed by atoms with Crippen molar-refractivity contribution in [3.05, 3.63) is 35.4 Å². The Morgan fingerprint density at radius 3 is 2.56 bits per heavy atom. The molecule has 0 atom stereocenters. The number of aliphatic imine (C=N–C) groups is 1. The molecular formula is C13H15NO2. The van der Waals surface area contributed by atoms with Crippen LogP contribution in [0.2, 0.25) is 0 Å². The van der Waals surface area contributed by atoms with E-state index in [1.165, 1.54) is 18.4 Å². The normalized spacial score (nSPS) is 16.6. The first-order valence-electron chi connectivity index (χ1n) is 5.43. The minimum absolute atomic E-state index is 0.251. The van der Waals surface area contributed by atoms with Crippen molar-refractivity contribution in [3.8, 4) is 0 Å². The van der Waals surface area contributed by atoms with Gasteiger partial charge in [-0.05, 0) is 24.0 Å². The van der Waals surface area contributed by atoms with Crippen molar-refractivity contribution in [2.45, 2.75) is 24.8 Å². The quantitative estimate of drug-likeness (QED) is 0.560. The average molecular weight is 217 g/mol. The molecule has 3 nitrogen and oxygen atoms in total. The lowest BCUT2D eigenvalue weighted by Gasteiger charge is -2.14. The van der Waals surface area contributed by atoms with Crippen LogP contribution in [0.1, 0.15) is 24.0 Å². The van der Waals surface area contributed by atoms with E-state index in [0.29, 0.717) is 6.54 Å². The summed E-state index contributed by atoms with van der Waals surface area (Å²) in [5, 5.41) is 0. The zero-order chi connectivity index (χ0) is 11.4. The summed E-state index contributed by atoms with van der Waals surface area (Å²) in [7, 11) is 1.74. The van der Waals surface area contributed by atoms with Crippen LogP contribution in [-0.2, 0) is 21.5 Å². The lowest BCUT2D eigenvalue weighted by molar-refractivity contribution is 0.171. The molecule has 2 rings (SSSR count). The van der Waals surface area contributed by atoms with Crippen LogP contribution < -0.4 is 0 Å². The minimum atomic E-state index is 0.251. The van der Waals surface area contributed by atoms with Gasteiger partial charge in [-0.3, -0.25) is 0 Å². The second kappa shape index (κ2) is 4.60. The minimum Gasteiger partial charge on any atom is -0.384 e. The molecular weight excluding hydrogens is 202 g/mol. The Hall–Kier alpha value is -1.44. The van der Waals surface area contributed by atoms with Gasteiger partial charge in [0.15, 0.2) is 0 Å². The molecule has 1 aromatic rings. The van der Waals surface area contributed by atoms with Crippen molar-refractivity contribution in [2.75, 3.05) is 13.7 Å². The zero-order valence-corrected chi connectivity index (χ0v) is 9.40. The van der Waals surface area contributed by atoms with E-state index in [1.54, 1.807) is 13.2 Å². The predicted molar refractivity (Wildman–Crippen MR) is 61.1 cm³/mol. The largest absolute Gasteiger partial charge is 0.384 e. The summed E-state index contributed by atoms with van der Waals surface area (Å²) in [6.07, 6.45) is 3.95. The van der Waals surface area contributed by atoms with Gasteiger partial charge >= 0.3 is 0 Å². The summed E-state index contributed by atoms with van der Waals surface area (Å²) >= 11 is 0. The molecule has 0 unspecified atom stereocenters. The first-order chi connectivity index (χ1) is 7.80. The summed E-state index contributed by atoms with van der Waals surface area (Å²) in [6.45, 7) is 1.21. The molecule has 0 spiro atoms. The van der Waals surface area contributed by atoms with Gasteiger partial charge in [0.05, 0.1) is 13.2 Å². The standard InChI is InChI=1S/C13H15NO2/c1-16-9-13(6-7-13)12-4-2-11(3-5-12)8-14-10-15/h2-5H,6-9H2,1H3. The van der Waals surface area contributed by atoms with Crippen LogP contribution in [0.15, 0.2) is 29.3 Å². The number of ether oxygens (including phenoxy) is 1. The van der Waals surface area contributed by atoms with Crippen LogP contribution in [0.5, 0.6) is 0 Å². The van der Waals surface area contributed by atoms with Crippen LogP contribution in [-0.4, -0.2) is 19.8 Å². The van der Waals surface area contributed by atoms with Gasteiger partial charge in [-0.25, -0.2) is 9.79 Å². The maximum absolute atomic E-state index is 9.99. The molecule has 16 heavy (non-hydrogen) atoms. The highest BCUT2D eigenvalue weighted by Crippen LogP contribution is 2.48. The lowest BCUT2D eigenvalue weighted by atomic mass is 9.96. The molecule has 1 saturated carbocycles. The molecule has 1 aromatic carbocycles. The molecule has 0 aliphatic heterocycles. The number of hydrogen-bond donors (Lipinski definition) is 0. The Labute approximate surface area is 95.2 Å². The van der Waals surface area contributed by atoms with E-state index in [1.807, 2.05) is 12.1 Å². The van der Waals surface area contributed by atoms with Crippen molar-refractivity contribution < 1.29 is 9.53 Å². The second-order valence-corrected chi connectivity index (χ2v) is 4.32. The first kappa shape index (κ1) is 11.1. The molecule has 0 saturated heterocycles. The summed E-state index contributed by atoms with van der Waals surface area (Å²) in [4.78, 5) is 13.5.